The summed E-state index contributed by atoms with van der Waals surface area (Å²) in [6.45, 7) is 4.00. The molecule has 2 rings (SSSR count). The summed E-state index contributed by atoms with van der Waals surface area (Å²) in [4.78, 5) is 4.57. The Morgan fingerprint density at radius 1 is 1.04 bits per heavy atom. The molecule has 0 aliphatic rings. The first-order chi connectivity index (χ1) is 12.7. The fourth-order valence-electron chi connectivity index (χ4n) is 2.36. The van der Waals surface area contributed by atoms with Crippen molar-refractivity contribution in [2.45, 2.75) is 19.2 Å². The van der Waals surface area contributed by atoms with Crippen LogP contribution in [0.2, 0.25) is 0 Å². The second-order valence-electron chi connectivity index (χ2n) is 5.74. The molecular weight excluding hydrogens is 346 g/mol. The molecule has 0 aromatic heterocycles. The van der Waals surface area contributed by atoms with Crippen LogP contribution in [0.15, 0.2) is 59.6 Å². The van der Waals surface area contributed by atoms with Crippen LogP contribution >= 0.6 is 0 Å². The molecule has 0 spiro atoms. The number of ether oxygens (including phenoxy) is 1. The van der Waals surface area contributed by atoms with E-state index in [-0.39, 0.29) is 0 Å². The molecule has 1 atom stereocenters. The molecule has 2 N–H and O–H groups in total. The molecule has 140 valence electrons. The van der Waals surface area contributed by atoms with Gasteiger partial charge in [0, 0.05) is 35.4 Å². The Labute approximate surface area is 158 Å². The van der Waals surface area contributed by atoms with Gasteiger partial charge >= 0.3 is 0 Å². The third-order valence-electron chi connectivity index (χ3n) is 3.72. The van der Waals surface area contributed by atoms with Crippen molar-refractivity contribution < 1.29 is 8.95 Å². The number of rotatable bonds is 9. The highest BCUT2D eigenvalue weighted by molar-refractivity contribution is 7.84. The quantitative estimate of drug-likeness (QED) is 0.524. The van der Waals surface area contributed by atoms with Gasteiger partial charge in [-0.1, -0.05) is 42.5 Å². The highest BCUT2D eigenvalue weighted by atomic mass is 32.2. The number of hydrogen-bond acceptors (Lipinski definition) is 3. The zero-order valence-corrected chi connectivity index (χ0v) is 16.2. The lowest BCUT2D eigenvalue weighted by Gasteiger charge is -2.11. The Morgan fingerprint density at radius 2 is 1.77 bits per heavy atom. The number of methoxy groups -OCH3 is 1. The van der Waals surface area contributed by atoms with Gasteiger partial charge in [0.1, 0.15) is 5.75 Å². The van der Waals surface area contributed by atoms with Gasteiger partial charge in [0.15, 0.2) is 5.96 Å². The van der Waals surface area contributed by atoms with E-state index in [9.17, 15) is 4.21 Å². The maximum Gasteiger partial charge on any atom is 0.191 e. The molecule has 0 radical (unpaired) electrons. The lowest BCUT2D eigenvalue weighted by molar-refractivity contribution is 0.414. The molecule has 2 aromatic carbocycles. The molecule has 0 bridgehead atoms. The molecule has 0 aliphatic heterocycles. The summed E-state index contributed by atoms with van der Waals surface area (Å²) in [7, 11) is 0.761. The first-order valence-electron chi connectivity index (χ1n) is 8.75. The van der Waals surface area contributed by atoms with E-state index < -0.39 is 10.8 Å². The fourth-order valence-corrected chi connectivity index (χ4v) is 3.40. The van der Waals surface area contributed by atoms with Gasteiger partial charge in [0.25, 0.3) is 0 Å². The van der Waals surface area contributed by atoms with Gasteiger partial charge in [-0.05, 0) is 30.2 Å². The second-order valence-corrected chi connectivity index (χ2v) is 7.32. The summed E-state index contributed by atoms with van der Waals surface area (Å²) in [5.74, 6) is 2.74. The average molecular weight is 374 g/mol. The predicted molar refractivity (Wildman–Crippen MR) is 109 cm³/mol. The molecule has 26 heavy (non-hydrogen) atoms. The molecule has 0 heterocycles. The van der Waals surface area contributed by atoms with Crippen molar-refractivity contribution in [3.05, 3.63) is 65.7 Å². The van der Waals surface area contributed by atoms with Gasteiger partial charge in [-0.15, -0.1) is 0 Å². The third-order valence-corrected chi connectivity index (χ3v) is 5.03. The monoisotopic (exact) mass is 373 g/mol. The smallest absolute Gasteiger partial charge is 0.191 e. The third kappa shape index (κ3) is 7.27. The van der Waals surface area contributed by atoms with E-state index in [0.717, 1.165) is 29.4 Å². The number of nitrogens with one attached hydrogen (secondary N) is 2. The number of nitrogens with zero attached hydrogens (tertiary/aromatic N) is 1. The SMILES string of the molecule is CCNC(=NCc1ccc(OC)cc1)NCCS(=O)Cc1ccccc1. The van der Waals surface area contributed by atoms with Crippen molar-refractivity contribution in [3.63, 3.8) is 0 Å². The van der Waals surface area contributed by atoms with Crippen molar-refractivity contribution in [3.8, 4) is 5.75 Å². The highest BCUT2D eigenvalue weighted by Gasteiger charge is 2.03. The normalized spacial score (nSPS) is 12.5. The molecule has 6 heteroatoms. The minimum Gasteiger partial charge on any atom is -0.497 e. The van der Waals surface area contributed by atoms with Gasteiger partial charge in [-0.3, -0.25) is 4.21 Å². The van der Waals surface area contributed by atoms with Gasteiger partial charge in [-0.2, -0.15) is 0 Å². The van der Waals surface area contributed by atoms with Gasteiger partial charge < -0.3 is 15.4 Å². The molecule has 0 saturated heterocycles. The first kappa shape index (κ1) is 20.0. The Kier molecular flexibility index (Phi) is 8.69. The van der Waals surface area contributed by atoms with Crippen molar-refractivity contribution >= 4 is 16.8 Å². The second kappa shape index (κ2) is 11.3. The van der Waals surface area contributed by atoms with Crippen LogP contribution in [0.4, 0.5) is 0 Å². The molecular formula is C20H27N3O2S. The van der Waals surface area contributed by atoms with Crippen molar-refractivity contribution in [2.24, 2.45) is 4.99 Å². The molecule has 5 nitrogen and oxygen atoms in total. The summed E-state index contributed by atoms with van der Waals surface area (Å²) in [5, 5.41) is 6.47. The summed E-state index contributed by atoms with van der Waals surface area (Å²) in [6.07, 6.45) is 0. The summed E-state index contributed by atoms with van der Waals surface area (Å²) < 4.78 is 17.4. The lowest BCUT2D eigenvalue weighted by Crippen LogP contribution is -2.39. The molecule has 1 unspecified atom stereocenters. The zero-order valence-electron chi connectivity index (χ0n) is 15.4. The standard InChI is InChI=1S/C20H27N3O2S/c1-3-21-20(23-15-17-9-11-19(25-2)12-10-17)22-13-14-26(24)16-18-7-5-4-6-8-18/h4-12H,3,13-16H2,1-2H3,(H2,21,22,23). The van der Waals surface area contributed by atoms with Crippen molar-refractivity contribution in [2.75, 3.05) is 26.0 Å². The Morgan fingerprint density at radius 3 is 2.42 bits per heavy atom. The topological polar surface area (TPSA) is 62.7 Å². The van der Waals surface area contributed by atoms with Crippen molar-refractivity contribution in [1.29, 1.82) is 0 Å². The van der Waals surface area contributed by atoms with Crippen LogP contribution in [-0.4, -0.2) is 36.1 Å². The predicted octanol–water partition coefficient (Wildman–Crippen LogP) is 2.70. The van der Waals surface area contributed by atoms with E-state index in [2.05, 4.69) is 15.6 Å². The maximum absolute atomic E-state index is 12.2. The first-order valence-corrected chi connectivity index (χ1v) is 10.2. The summed E-state index contributed by atoms with van der Waals surface area (Å²) in [6, 6.07) is 17.8. The van der Waals surface area contributed by atoms with Crippen LogP contribution in [-0.2, 0) is 23.1 Å². The van der Waals surface area contributed by atoms with Gasteiger partial charge in [-0.25, -0.2) is 4.99 Å². The van der Waals surface area contributed by atoms with E-state index >= 15 is 0 Å². The summed E-state index contributed by atoms with van der Waals surface area (Å²) in [5.41, 5.74) is 2.21. The molecule has 2 aromatic rings. The van der Waals surface area contributed by atoms with Crippen LogP contribution in [0.5, 0.6) is 5.75 Å². The van der Waals surface area contributed by atoms with Crippen LogP contribution in [0.1, 0.15) is 18.1 Å². The molecule has 0 aliphatic carbocycles. The number of guanidine groups is 1. The number of hydrogen-bond donors (Lipinski definition) is 2. The zero-order chi connectivity index (χ0) is 18.6. The average Bonchev–Trinajstić information content (AvgIpc) is 2.67. The van der Waals surface area contributed by atoms with Crippen LogP contribution in [0.3, 0.4) is 0 Å². The van der Waals surface area contributed by atoms with E-state index in [1.807, 2.05) is 61.5 Å². The number of aliphatic imine (C=N–C) groups is 1. The fraction of sp³-hybridized carbons (Fsp3) is 0.350. The minimum atomic E-state index is -0.894. The van der Waals surface area contributed by atoms with E-state index in [0.29, 0.717) is 24.6 Å². The molecule has 0 amide bonds. The largest absolute Gasteiger partial charge is 0.497 e. The van der Waals surface area contributed by atoms with Crippen LogP contribution < -0.4 is 15.4 Å². The van der Waals surface area contributed by atoms with Crippen molar-refractivity contribution in [1.82, 2.24) is 10.6 Å². The Hall–Kier alpha value is -2.34. The maximum atomic E-state index is 12.2. The summed E-state index contributed by atoms with van der Waals surface area (Å²) >= 11 is 0. The number of benzene rings is 2. The Balaban J connectivity index is 1.80. The van der Waals surface area contributed by atoms with Crippen LogP contribution in [0.25, 0.3) is 0 Å². The minimum absolute atomic E-state index is 0.576. The van der Waals surface area contributed by atoms with Gasteiger partial charge in [0.05, 0.1) is 13.7 Å². The van der Waals surface area contributed by atoms with Crippen LogP contribution in [0, 0.1) is 0 Å². The molecule has 0 fully saturated rings. The lowest BCUT2D eigenvalue weighted by atomic mass is 10.2. The highest BCUT2D eigenvalue weighted by Crippen LogP contribution is 2.11. The van der Waals surface area contributed by atoms with Gasteiger partial charge in [0.2, 0.25) is 0 Å². The molecule has 0 saturated carbocycles. The Bertz CT molecular complexity index is 703. The van der Waals surface area contributed by atoms with E-state index in [1.165, 1.54) is 0 Å². The van der Waals surface area contributed by atoms with E-state index in [1.54, 1.807) is 7.11 Å². The van der Waals surface area contributed by atoms with E-state index in [4.69, 9.17) is 4.74 Å².